The van der Waals surface area contributed by atoms with Gasteiger partial charge in [0.2, 0.25) is 5.82 Å². The maximum atomic E-state index is 13.4. The van der Waals surface area contributed by atoms with E-state index in [-0.39, 0.29) is 5.69 Å². The third-order valence-electron chi connectivity index (χ3n) is 2.15. The van der Waals surface area contributed by atoms with Gasteiger partial charge in [-0.15, -0.1) is 0 Å². The fourth-order valence-electron chi connectivity index (χ4n) is 1.44. The first kappa shape index (κ1) is 12.4. The second-order valence-corrected chi connectivity index (χ2v) is 4.33. The smallest absolute Gasteiger partial charge is 0.327 e. The number of para-hydroxylation sites is 1. The van der Waals surface area contributed by atoms with Crippen LogP contribution in [-0.2, 0) is 0 Å². The van der Waals surface area contributed by atoms with E-state index in [1.165, 1.54) is 18.3 Å². The Morgan fingerprint density at radius 1 is 1.39 bits per heavy atom. The molecule has 0 saturated carbocycles. The zero-order valence-corrected chi connectivity index (χ0v) is 10.5. The fraction of sp³-hybridized carbons (Fsp3) is 0. The summed E-state index contributed by atoms with van der Waals surface area (Å²) in [5.41, 5.74) is 0.0236. The number of pyridine rings is 1. The lowest BCUT2D eigenvalue weighted by Gasteiger charge is -2.07. The first-order chi connectivity index (χ1) is 8.58. The molecule has 18 heavy (non-hydrogen) atoms. The summed E-state index contributed by atoms with van der Waals surface area (Å²) in [7, 11) is 0. The zero-order chi connectivity index (χ0) is 13.1. The molecule has 5 nitrogen and oxygen atoms in total. The van der Waals surface area contributed by atoms with Crippen molar-refractivity contribution in [1.29, 1.82) is 0 Å². The van der Waals surface area contributed by atoms with Gasteiger partial charge in [0.05, 0.1) is 16.8 Å². The molecule has 0 radical (unpaired) electrons. The molecule has 0 bridgehead atoms. The van der Waals surface area contributed by atoms with E-state index in [1.807, 2.05) is 0 Å². The van der Waals surface area contributed by atoms with E-state index in [4.69, 9.17) is 0 Å². The summed E-state index contributed by atoms with van der Waals surface area (Å²) in [6.45, 7) is 0. The molecule has 0 fully saturated rings. The number of nitrogens with zero attached hydrogens (tertiary/aromatic N) is 2. The molecule has 0 unspecified atom stereocenters. The molecule has 7 heteroatoms. The average molecular weight is 312 g/mol. The van der Waals surface area contributed by atoms with Crippen LogP contribution in [0.4, 0.5) is 21.5 Å². The topological polar surface area (TPSA) is 68.1 Å². The van der Waals surface area contributed by atoms with Crippen LogP contribution in [0.15, 0.2) is 41.1 Å². The second-order valence-electron chi connectivity index (χ2n) is 3.41. The van der Waals surface area contributed by atoms with Crippen LogP contribution in [-0.4, -0.2) is 9.91 Å². The Morgan fingerprint density at radius 3 is 2.83 bits per heavy atom. The van der Waals surface area contributed by atoms with Crippen LogP contribution in [0.1, 0.15) is 0 Å². The molecule has 0 spiro atoms. The number of hydrogen-bond donors (Lipinski definition) is 1. The lowest BCUT2D eigenvalue weighted by Crippen LogP contribution is -1.99. The molecular weight excluding hydrogens is 305 g/mol. The summed E-state index contributed by atoms with van der Waals surface area (Å²) in [5.74, 6) is -0.882. The van der Waals surface area contributed by atoms with Crippen LogP contribution in [0.5, 0.6) is 0 Å². The highest BCUT2D eigenvalue weighted by Gasteiger charge is 2.19. The summed E-state index contributed by atoms with van der Waals surface area (Å²) in [5, 5.41) is 13.6. The highest BCUT2D eigenvalue weighted by Crippen LogP contribution is 2.30. The van der Waals surface area contributed by atoms with Gasteiger partial charge in [0.1, 0.15) is 5.69 Å². The molecule has 0 saturated heterocycles. The van der Waals surface area contributed by atoms with E-state index < -0.39 is 16.4 Å². The minimum atomic E-state index is -0.882. The Labute approximate surface area is 110 Å². The Morgan fingerprint density at radius 2 is 2.17 bits per heavy atom. The molecule has 0 amide bonds. The second kappa shape index (κ2) is 5.09. The molecule has 0 aliphatic carbocycles. The van der Waals surface area contributed by atoms with Crippen molar-refractivity contribution in [3.8, 4) is 0 Å². The quantitative estimate of drug-likeness (QED) is 0.694. The van der Waals surface area contributed by atoms with Crippen LogP contribution in [0.3, 0.4) is 0 Å². The molecular formula is C11H7BrFN3O2. The first-order valence-electron chi connectivity index (χ1n) is 4.88. The first-order valence-corrected chi connectivity index (χ1v) is 5.67. The van der Waals surface area contributed by atoms with Crippen molar-refractivity contribution in [1.82, 2.24) is 4.98 Å². The number of nitro benzene ring substituents is 1. The average Bonchev–Trinajstić information content (AvgIpc) is 2.28. The highest BCUT2D eigenvalue weighted by molar-refractivity contribution is 9.10. The fourth-order valence-corrected chi connectivity index (χ4v) is 1.80. The number of nitro groups is 1. The van der Waals surface area contributed by atoms with Crippen LogP contribution >= 0.6 is 15.9 Å². The number of halogens is 2. The van der Waals surface area contributed by atoms with E-state index in [2.05, 4.69) is 26.2 Å². The zero-order valence-electron chi connectivity index (χ0n) is 8.93. The van der Waals surface area contributed by atoms with Gasteiger partial charge in [0.25, 0.3) is 0 Å². The van der Waals surface area contributed by atoms with Crippen molar-refractivity contribution in [2.24, 2.45) is 0 Å². The third kappa shape index (κ3) is 2.62. The SMILES string of the molecule is O=[N+]([O-])c1c(F)cccc1Nc1cncc(Br)c1. The van der Waals surface area contributed by atoms with Gasteiger partial charge < -0.3 is 5.32 Å². The largest absolute Gasteiger partial charge is 0.349 e. The number of aromatic nitrogens is 1. The van der Waals surface area contributed by atoms with Crippen molar-refractivity contribution in [2.45, 2.75) is 0 Å². The molecule has 1 N–H and O–H groups in total. The summed E-state index contributed by atoms with van der Waals surface area (Å²) >= 11 is 3.23. The molecule has 2 aromatic rings. The third-order valence-corrected chi connectivity index (χ3v) is 2.59. The predicted molar refractivity (Wildman–Crippen MR) is 68.3 cm³/mol. The predicted octanol–water partition coefficient (Wildman–Crippen LogP) is 3.64. The van der Waals surface area contributed by atoms with Crippen molar-refractivity contribution in [3.63, 3.8) is 0 Å². The minimum Gasteiger partial charge on any atom is -0.349 e. The van der Waals surface area contributed by atoms with Crippen molar-refractivity contribution in [3.05, 3.63) is 57.1 Å². The van der Waals surface area contributed by atoms with E-state index >= 15 is 0 Å². The van der Waals surface area contributed by atoms with E-state index in [0.717, 1.165) is 6.07 Å². The van der Waals surface area contributed by atoms with Gasteiger partial charge in [-0.1, -0.05) is 6.07 Å². The maximum Gasteiger partial charge on any atom is 0.327 e. The molecule has 0 aliphatic heterocycles. The van der Waals surface area contributed by atoms with Crippen LogP contribution in [0, 0.1) is 15.9 Å². The van der Waals surface area contributed by atoms with Gasteiger partial charge in [-0.3, -0.25) is 15.1 Å². The standard InChI is InChI=1S/C11H7BrFN3O2/c12-7-4-8(6-14-5-7)15-10-3-1-2-9(13)11(10)16(17)18/h1-6,15H. The van der Waals surface area contributed by atoms with Gasteiger partial charge in [-0.05, 0) is 34.1 Å². The number of benzene rings is 1. The Balaban J connectivity index is 2.40. The highest BCUT2D eigenvalue weighted by atomic mass is 79.9. The summed E-state index contributed by atoms with van der Waals surface area (Å²) in [6.07, 6.45) is 3.06. The Hall–Kier alpha value is -2.02. The molecule has 0 atom stereocenters. The maximum absolute atomic E-state index is 13.4. The molecule has 1 aromatic carbocycles. The number of hydrogen-bond acceptors (Lipinski definition) is 4. The number of anilines is 2. The molecule has 1 heterocycles. The van der Waals surface area contributed by atoms with E-state index in [9.17, 15) is 14.5 Å². The summed E-state index contributed by atoms with van der Waals surface area (Å²) in [6, 6.07) is 5.56. The van der Waals surface area contributed by atoms with Gasteiger partial charge in [-0.2, -0.15) is 4.39 Å². The normalized spacial score (nSPS) is 10.1. The van der Waals surface area contributed by atoms with Crippen LogP contribution < -0.4 is 5.32 Å². The molecule has 2 rings (SSSR count). The molecule has 0 aliphatic rings. The van der Waals surface area contributed by atoms with Crippen LogP contribution in [0.25, 0.3) is 0 Å². The van der Waals surface area contributed by atoms with Gasteiger partial charge >= 0.3 is 5.69 Å². The van der Waals surface area contributed by atoms with Crippen molar-refractivity contribution >= 4 is 33.0 Å². The van der Waals surface area contributed by atoms with Gasteiger partial charge in [0.15, 0.2) is 0 Å². The lowest BCUT2D eigenvalue weighted by atomic mass is 10.2. The van der Waals surface area contributed by atoms with E-state index in [0.29, 0.717) is 10.2 Å². The number of rotatable bonds is 3. The van der Waals surface area contributed by atoms with Crippen LogP contribution in [0.2, 0.25) is 0 Å². The Bertz CT molecular complexity index is 607. The van der Waals surface area contributed by atoms with Gasteiger partial charge in [-0.25, -0.2) is 0 Å². The Kier molecular flexibility index (Phi) is 3.52. The van der Waals surface area contributed by atoms with Gasteiger partial charge in [0, 0.05) is 10.7 Å². The van der Waals surface area contributed by atoms with E-state index in [1.54, 1.807) is 12.3 Å². The summed E-state index contributed by atoms with van der Waals surface area (Å²) in [4.78, 5) is 13.9. The van der Waals surface area contributed by atoms with Crippen molar-refractivity contribution in [2.75, 3.05) is 5.32 Å². The monoisotopic (exact) mass is 311 g/mol. The summed E-state index contributed by atoms with van der Waals surface area (Å²) < 4.78 is 14.1. The number of nitrogens with one attached hydrogen (secondary N) is 1. The van der Waals surface area contributed by atoms with Crippen molar-refractivity contribution < 1.29 is 9.31 Å². The molecule has 92 valence electrons. The minimum absolute atomic E-state index is 0.0832. The molecule has 1 aromatic heterocycles. The lowest BCUT2D eigenvalue weighted by molar-refractivity contribution is -0.386.